The first kappa shape index (κ1) is 31.6. The third-order valence-corrected chi connectivity index (χ3v) is 14.1. The molecule has 6 heteroatoms. The van der Waals surface area contributed by atoms with Gasteiger partial charge in [-0.1, -0.05) is 72.5 Å². The van der Waals surface area contributed by atoms with Gasteiger partial charge in [0.25, 0.3) is 0 Å². The molecule has 1 amide bonds. The predicted octanol–water partition coefficient (Wildman–Crippen LogP) is 9.44. The average Bonchev–Trinajstić information content (AvgIpc) is 3.30. The van der Waals surface area contributed by atoms with Crippen molar-refractivity contribution in [2.75, 3.05) is 11.1 Å². The van der Waals surface area contributed by atoms with Gasteiger partial charge in [-0.15, -0.1) is 0 Å². The molecule has 3 fully saturated rings. The maximum absolute atomic E-state index is 12.8. The Balaban J connectivity index is 1.19. The Kier molecular flexibility index (Phi) is 9.24. The zero-order chi connectivity index (χ0) is 30.3. The standard InChI is InChI=1S/C36H55NO4S/c1-7-42(39,40)29-14-12-27(13-15-29)37-34(38)41-28-19-21-35(5)26(23-28)11-16-30-32-18-17-31(25(4)10-8-9-24(2)3)36(32,6)22-20-33(30)35/h11-15,24-25,28,30-33H,7-10,16-23H2,1-6H3,(H,37,38)/t25-,28-,30+,31-,32+,33+,35+,36-/m1/s1. The molecule has 1 aromatic rings. The van der Waals surface area contributed by atoms with Crippen molar-refractivity contribution in [1.82, 2.24) is 0 Å². The van der Waals surface area contributed by atoms with Crippen LogP contribution in [0.15, 0.2) is 40.8 Å². The highest BCUT2D eigenvalue weighted by molar-refractivity contribution is 7.91. The van der Waals surface area contributed by atoms with E-state index in [0.717, 1.165) is 54.8 Å². The van der Waals surface area contributed by atoms with E-state index in [2.05, 4.69) is 46.0 Å². The summed E-state index contributed by atoms with van der Waals surface area (Å²) in [6.07, 6.45) is 15.7. The second-order valence-electron chi connectivity index (χ2n) is 15.1. The van der Waals surface area contributed by atoms with Gasteiger partial charge in [0.15, 0.2) is 9.84 Å². The van der Waals surface area contributed by atoms with Crippen LogP contribution in [-0.4, -0.2) is 26.4 Å². The third kappa shape index (κ3) is 6.08. The maximum Gasteiger partial charge on any atom is 0.411 e. The molecule has 1 N–H and O–H groups in total. The summed E-state index contributed by atoms with van der Waals surface area (Å²) in [5.74, 6) is 4.97. The Bertz CT molecular complexity index is 1250. The fourth-order valence-corrected chi connectivity index (χ4v) is 10.8. The van der Waals surface area contributed by atoms with Crippen molar-refractivity contribution in [1.29, 1.82) is 0 Å². The first-order valence-electron chi connectivity index (χ1n) is 16.9. The van der Waals surface area contributed by atoms with E-state index in [-0.39, 0.29) is 22.2 Å². The molecule has 0 bridgehead atoms. The molecule has 3 saturated carbocycles. The highest BCUT2D eigenvalue weighted by Crippen LogP contribution is 2.67. The van der Waals surface area contributed by atoms with Gasteiger partial charge in [0, 0.05) is 12.1 Å². The van der Waals surface area contributed by atoms with Crippen molar-refractivity contribution >= 4 is 21.6 Å². The molecule has 0 aromatic heterocycles. The van der Waals surface area contributed by atoms with Crippen LogP contribution in [0.25, 0.3) is 0 Å². The summed E-state index contributed by atoms with van der Waals surface area (Å²) < 4.78 is 30.1. The van der Waals surface area contributed by atoms with E-state index in [1.165, 1.54) is 56.9 Å². The van der Waals surface area contributed by atoms with Gasteiger partial charge in [-0.25, -0.2) is 13.2 Å². The van der Waals surface area contributed by atoms with Crippen molar-refractivity contribution < 1.29 is 17.9 Å². The number of amides is 1. The van der Waals surface area contributed by atoms with Gasteiger partial charge in [0.1, 0.15) is 6.10 Å². The third-order valence-electron chi connectivity index (χ3n) is 12.4. The molecular weight excluding hydrogens is 542 g/mol. The highest BCUT2D eigenvalue weighted by Gasteiger charge is 2.59. The largest absolute Gasteiger partial charge is 0.446 e. The van der Waals surface area contributed by atoms with Crippen LogP contribution in [-0.2, 0) is 14.6 Å². The van der Waals surface area contributed by atoms with Gasteiger partial charge in [0.2, 0.25) is 0 Å². The molecule has 0 radical (unpaired) electrons. The Hall–Kier alpha value is -1.82. The van der Waals surface area contributed by atoms with Crippen LogP contribution in [0, 0.1) is 46.3 Å². The Labute approximate surface area is 255 Å². The number of ether oxygens (including phenoxy) is 1. The van der Waals surface area contributed by atoms with E-state index in [9.17, 15) is 13.2 Å². The summed E-state index contributed by atoms with van der Waals surface area (Å²) in [5.41, 5.74) is 2.78. The van der Waals surface area contributed by atoms with Crippen molar-refractivity contribution in [3.63, 3.8) is 0 Å². The number of nitrogens with one attached hydrogen (secondary N) is 1. The number of hydrogen-bond acceptors (Lipinski definition) is 4. The van der Waals surface area contributed by atoms with Crippen LogP contribution >= 0.6 is 0 Å². The maximum atomic E-state index is 12.8. The Morgan fingerprint density at radius 3 is 2.43 bits per heavy atom. The molecule has 0 heterocycles. The predicted molar refractivity (Wildman–Crippen MR) is 171 cm³/mol. The first-order chi connectivity index (χ1) is 19.9. The highest BCUT2D eigenvalue weighted by atomic mass is 32.2. The number of carbonyl (C=O) groups is 1. The molecule has 0 saturated heterocycles. The van der Waals surface area contributed by atoms with Gasteiger partial charge >= 0.3 is 6.09 Å². The lowest BCUT2D eigenvalue weighted by Gasteiger charge is -2.58. The molecule has 5 nitrogen and oxygen atoms in total. The minimum absolute atomic E-state index is 0.0537. The first-order valence-corrected chi connectivity index (χ1v) is 18.5. The quantitative estimate of drug-likeness (QED) is 0.288. The number of allylic oxidation sites excluding steroid dienone is 1. The molecule has 0 unspecified atom stereocenters. The zero-order valence-electron chi connectivity index (χ0n) is 27.0. The smallest absolute Gasteiger partial charge is 0.411 e. The number of fused-ring (bicyclic) bond motifs is 5. The van der Waals surface area contributed by atoms with Gasteiger partial charge in [-0.05, 0) is 116 Å². The number of rotatable bonds is 9. The van der Waals surface area contributed by atoms with E-state index in [4.69, 9.17) is 4.74 Å². The summed E-state index contributed by atoms with van der Waals surface area (Å²) in [6.45, 7) is 14.1. The van der Waals surface area contributed by atoms with Crippen molar-refractivity contribution in [2.45, 2.75) is 123 Å². The molecule has 42 heavy (non-hydrogen) atoms. The van der Waals surface area contributed by atoms with E-state index in [1.807, 2.05) is 0 Å². The van der Waals surface area contributed by atoms with Gasteiger partial charge in [-0.2, -0.15) is 0 Å². The summed E-state index contributed by atoms with van der Waals surface area (Å²) in [7, 11) is -3.26. The van der Waals surface area contributed by atoms with E-state index < -0.39 is 15.9 Å². The normalized spacial score (nSPS) is 35.0. The Morgan fingerprint density at radius 2 is 1.74 bits per heavy atom. The number of benzene rings is 1. The SMILES string of the molecule is CCS(=O)(=O)c1ccc(NC(=O)O[C@@H]2CC[C@@]3(C)C(=CC[C@H]4[C@@H]5CC[C@H]([C@H](C)CCCC(C)C)[C@@]5(C)CC[C@@H]43)C2)cc1. The fourth-order valence-electron chi connectivity index (χ4n) is 9.96. The molecular formula is C36H55NO4S. The number of hydrogen-bond donors (Lipinski definition) is 1. The lowest BCUT2D eigenvalue weighted by atomic mass is 9.47. The summed E-state index contributed by atoms with van der Waals surface area (Å²) >= 11 is 0. The van der Waals surface area contributed by atoms with Crippen LogP contribution in [0.4, 0.5) is 10.5 Å². The van der Waals surface area contributed by atoms with Crippen molar-refractivity contribution in [3.8, 4) is 0 Å². The average molecular weight is 598 g/mol. The lowest BCUT2D eigenvalue weighted by molar-refractivity contribution is -0.0577. The van der Waals surface area contributed by atoms with Crippen LogP contribution in [0.3, 0.4) is 0 Å². The molecule has 0 spiro atoms. The van der Waals surface area contributed by atoms with Crippen LogP contribution < -0.4 is 5.32 Å². The van der Waals surface area contributed by atoms with E-state index in [1.54, 1.807) is 31.2 Å². The second kappa shape index (κ2) is 12.3. The summed E-state index contributed by atoms with van der Waals surface area (Å²) in [5, 5.41) is 2.80. The summed E-state index contributed by atoms with van der Waals surface area (Å²) in [4.78, 5) is 13.0. The van der Waals surface area contributed by atoms with Gasteiger partial charge in [-0.3, -0.25) is 5.32 Å². The number of anilines is 1. The van der Waals surface area contributed by atoms with Crippen molar-refractivity contribution in [3.05, 3.63) is 35.9 Å². The number of sulfone groups is 1. The molecule has 8 atom stereocenters. The Morgan fingerprint density at radius 1 is 1.00 bits per heavy atom. The van der Waals surface area contributed by atoms with Crippen molar-refractivity contribution in [2.24, 2.45) is 46.3 Å². The minimum Gasteiger partial charge on any atom is -0.446 e. The summed E-state index contributed by atoms with van der Waals surface area (Å²) in [6, 6.07) is 6.34. The minimum atomic E-state index is -3.26. The molecule has 5 rings (SSSR count). The topological polar surface area (TPSA) is 72.5 Å². The molecule has 4 aliphatic rings. The molecule has 1 aromatic carbocycles. The molecule has 0 aliphatic heterocycles. The van der Waals surface area contributed by atoms with E-state index in [0.29, 0.717) is 11.1 Å². The molecule has 4 aliphatic carbocycles. The monoisotopic (exact) mass is 597 g/mol. The van der Waals surface area contributed by atoms with Gasteiger partial charge in [0.05, 0.1) is 10.6 Å². The van der Waals surface area contributed by atoms with E-state index >= 15 is 0 Å². The molecule has 234 valence electrons. The van der Waals surface area contributed by atoms with Crippen LogP contribution in [0.1, 0.15) is 112 Å². The fraction of sp³-hybridized carbons (Fsp3) is 0.750. The van der Waals surface area contributed by atoms with Gasteiger partial charge < -0.3 is 4.74 Å². The zero-order valence-corrected chi connectivity index (χ0v) is 27.8. The second-order valence-corrected chi connectivity index (χ2v) is 17.4. The lowest BCUT2D eigenvalue weighted by Crippen LogP contribution is -2.51. The van der Waals surface area contributed by atoms with Crippen LogP contribution in [0.5, 0.6) is 0 Å². The number of carbonyl (C=O) groups excluding carboxylic acids is 1. The van der Waals surface area contributed by atoms with Crippen LogP contribution in [0.2, 0.25) is 0 Å².